The van der Waals surface area contributed by atoms with Gasteiger partial charge < -0.3 is 0 Å². The minimum atomic E-state index is 0.575. The molecule has 0 radical (unpaired) electrons. The Labute approximate surface area is 139 Å². The van der Waals surface area contributed by atoms with E-state index in [2.05, 4.69) is 93.6 Å². The highest BCUT2D eigenvalue weighted by atomic mass is 14.1. The largest absolute Gasteiger partial charge is 0.0798 e. The number of rotatable bonds is 3. The van der Waals surface area contributed by atoms with Crippen molar-refractivity contribution in [3.63, 3.8) is 0 Å². The van der Waals surface area contributed by atoms with E-state index >= 15 is 0 Å². The Morgan fingerprint density at radius 3 is 1.91 bits per heavy atom. The van der Waals surface area contributed by atoms with E-state index < -0.39 is 0 Å². The third-order valence-corrected chi connectivity index (χ3v) is 4.43. The van der Waals surface area contributed by atoms with Gasteiger partial charge in [0.1, 0.15) is 0 Å². The number of hydrogen-bond donors (Lipinski definition) is 0. The van der Waals surface area contributed by atoms with Crippen LogP contribution in [0.3, 0.4) is 0 Å². The molecule has 0 heterocycles. The quantitative estimate of drug-likeness (QED) is 0.600. The van der Waals surface area contributed by atoms with Crippen LogP contribution in [-0.4, -0.2) is 0 Å². The molecule has 2 aromatic rings. The van der Waals surface area contributed by atoms with Gasteiger partial charge in [-0.05, 0) is 47.1 Å². The standard InChI is InChI=1S/C23H24/c1-17(2)19-5-4-6-20(12-11-19)22-13-15-23(16-14-22)21-9-7-18(3)8-10-21/h4-5,7-17H,6H2,1-3H3. The van der Waals surface area contributed by atoms with Gasteiger partial charge in [0, 0.05) is 0 Å². The van der Waals surface area contributed by atoms with Gasteiger partial charge in [0.25, 0.3) is 0 Å². The van der Waals surface area contributed by atoms with Gasteiger partial charge in [0.15, 0.2) is 0 Å². The highest BCUT2D eigenvalue weighted by molar-refractivity contribution is 5.72. The van der Waals surface area contributed by atoms with E-state index in [0.717, 1.165) is 6.42 Å². The molecule has 0 saturated heterocycles. The monoisotopic (exact) mass is 300 g/mol. The second-order valence-corrected chi connectivity index (χ2v) is 6.56. The third-order valence-electron chi connectivity index (χ3n) is 4.43. The van der Waals surface area contributed by atoms with Gasteiger partial charge in [0.2, 0.25) is 0 Å². The Kier molecular flexibility index (Phi) is 4.62. The minimum Gasteiger partial charge on any atom is -0.0798 e. The molecular weight excluding hydrogens is 276 g/mol. The van der Waals surface area contributed by atoms with E-state index in [0.29, 0.717) is 5.92 Å². The van der Waals surface area contributed by atoms with Gasteiger partial charge in [-0.3, -0.25) is 0 Å². The van der Waals surface area contributed by atoms with Crippen LogP contribution in [0.1, 0.15) is 31.4 Å². The molecule has 0 heteroatoms. The van der Waals surface area contributed by atoms with Crippen LogP contribution in [0.25, 0.3) is 16.7 Å². The molecule has 0 unspecified atom stereocenters. The molecule has 0 aliphatic heterocycles. The predicted octanol–water partition coefficient (Wildman–Crippen LogP) is 6.59. The van der Waals surface area contributed by atoms with Crippen LogP contribution in [0.5, 0.6) is 0 Å². The lowest BCUT2D eigenvalue weighted by molar-refractivity contribution is 0.792. The van der Waals surface area contributed by atoms with Crippen LogP contribution in [-0.2, 0) is 0 Å². The normalized spacial score (nSPS) is 14.4. The Morgan fingerprint density at radius 2 is 1.30 bits per heavy atom. The van der Waals surface area contributed by atoms with Gasteiger partial charge in [-0.15, -0.1) is 0 Å². The lowest BCUT2D eigenvalue weighted by atomic mass is 9.98. The molecule has 0 aromatic heterocycles. The van der Waals surface area contributed by atoms with E-state index in [1.807, 2.05) is 0 Å². The molecule has 0 nitrogen and oxygen atoms in total. The topological polar surface area (TPSA) is 0 Å². The Morgan fingerprint density at radius 1 is 0.739 bits per heavy atom. The summed E-state index contributed by atoms with van der Waals surface area (Å²) in [5, 5.41) is 0. The van der Waals surface area contributed by atoms with Gasteiger partial charge in [-0.25, -0.2) is 0 Å². The molecule has 0 bridgehead atoms. The van der Waals surface area contributed by atoms with Crippen molar-refractivity contribution in [1.29, 1.82) is 0 Å². The molecule has 0 fully saturated rings. The number of benzene rings is 2. The van der Waals surface area contributed by atoms with Crippen LogP contribution in [0, 0.1) is 12.8 Å². The summed E-state index contributed by atoms with van der Waals surface area (Å²) < 4.78 is 0. The second kappa shape index (κ2) is 6.83. The zero-order chi connectivity index (χ0) is 16.2. The summed E-state index contributed by atoms with van der Waals surface area (Å²) in [7, 11) is 0. The summed E-state index contributed by atoms with van der Waals surface area (Å²) in [5.74, 6) is 0.575. The van der Waals surface area contributed by atoms with Gasteiger partial charge >= 0.3 is 0 Å². The first-order chi connectivity index (χ1) is 11.1. The summed E-state index contributed by atoms with van der Waals surface area (Å²) in [4.78, 5) is 0. The summed E-state index contributed by atoms with van der Waals surface area (Å²) in [6.45, 7) is 6.61. The van der Waals surface area contributed by atoms with Crippen molar-refractivity contribution in [3.05, 3.63) is 89.5 Å². The van der Waals surface area contributed by atoms with Crippen LogP contribution < -0.4 is 0 Å². The number of hydrogen-bond acceptors (Lipinski definition) is 0. The molecule has 0 N–H and O–H groups in total. The highest BCUT2D eigenvalue weighted by Gasteiger charge is 2.05. The van der Waals surface area contributed by atoms with Gasteiger partial charge in [-0.1, -0.05) is 92.2 Å². The Balaban J connectivity index is 1.85. The van der Waals surface area contributed by atoms with Crippen LogP contribution in [0.15, 0.2) is 78.4 Å². The van der Waals surface area contributed by atoms with Crippen molar-refractivity contribution < 1.29 is 0 Å². The van der Waals surface area contributed by atoms with Gasteiger partial charge in [-0.2, -0.15) is 0 Å². The molecule has 0 saturated carbocycles. The number of allylic oxidation sites excluding steroid dienone is 6. The summed E-state index contributed by atoms with van der Waals surface area (Å²) in [6.07, 6.45) is 10.1. The summed E-state index contributed by atoms with van der Waals surface area (Å²) in [5.41, 5.74) is 7.94. The Hall–Kier alpha value is -2.34. The molecule has 1 aliphatic carbocycles. The molecule has 1 aliphatic rings. The zero-order valence-corrected chi connectivity index (χ0v) is 14.2. The lowest BCUT2D eigenvalue weighted by Crippen LogP contribution is -1.88. The van der Waals surface area contributed by atoms with Crippen molar-refractivity contribution in [2.75, 3.05) is 0 Å². The maximum Gasteiger partial charge on any atom is -0.00883 e. The zero-order valence-electron chi connectivity index (χ0n) is 14.2. The molecule has 23 heavy (non-hydrogen) atoms. The molecule has 116 valence electrons. The maximum absolute atomic E-state index is 2.28. The van der Waals surface area contributed by atoms with Gasteiger partial charge in [0.05, 0.1) is 0 Å². The predicted molar refractivity (Wildman–Crippen MR) is 101 cm³/mol. The summed E-state index contributed by atoms with van der Waals surface area (Å²) >= 11 is 0. The SMILES string of the molecule is Cc1ccc(-c2ccc(C3=CC=C(C(C)C)C=CC3)cc2)cc1. The highest BCUT2D eigenvalue weighted by Crippen LogP contribution is 2.27. The fraction of sp³-hybridized carbons (Fsp3) is 0.217. The van der Waals surface area contributed by atoms with E-state index in [1.165, 1.54) is 33.4 Å². The fourth-order valence-electron chi connectivity index (χ4n) is 2.86. The average molecular weight is 300 g/mol. The van der Waals surface area contributed by atoms with E-state index in [-0.39, 0.29) is 0 Å². The minimum absolute atomic E-state index is 0.575. The molecule has 2 aromatic carbocycles. The molecule has 0 atom stereocenters. The van der Waals surface area contributed by atoms with E-state index in [4.69, 9.17) is 0 Å². The molecule has 0 spiro atoms. The van der Waals surface area contributed by atoms with E-state index in [9.17, 15) is 0 Å². The van der Waals surface area contributed by atoms with E-state index in [1.54, 1.807) is 0 Å². The van der Waals surface area contributed by atoms with Crippen LogP contribution in [0.2, 0.25) is 0 Å². The summed E-state index contributed by atoms with van der Waals surface area (Å²) in [6, 6.07) is 17.6. The van der Waals surface area contributed by atoms with Crippen molar-refractivity contribution in [1.82, 2.24) is 0 Å². The third kappa shape index (κ3) is 3.71. The van der Waals surface area contributed by atoms with Crippen molar-refractivity contribution in [2.24, 2.45) is 5.92 Å². The average Bonchev–Trinajstić information content (AvgIpc) is 2.82. The first kappa shape index (κ1) is 15.6. The Bertz CT molecular complexity index is 751. The van der Waals surface area contributed by atoms with Crippen molar-refractivity contribution >= 4 is 5.57 Å². The maximum atomic E-state index is 2.28. The number of aryl methyl sites for hydroxylation is 1. The fourth-order valence-corrected chi connectivity index (χ4v) is 2.86. The lowest BCUT2D eigenvalue weighted by Gasteiger charge is -2.07. The first-order valence-corrected chi connectivity index (χ1v) is 8.38. The van der Waals surface area contributed by atoms with Crippen LogP contribution >= 0.6 is 0 Å². The molecule has 3 rings (SSSR count). The van der Waals surface area contributed by atoms with Crippen molar-refractivity contribution in [3.8, 4) is 11.1 Å². The molecule has 0 amide bonds. The molecular formula is C23H24. The second-order valence-electron chi connectivity index (χ2n) is 6.56. The van der Waals surface area contributed by atoms with Crippen LogP contribution in [0.4, 0.5) is 0 Å². The smallest absolute Gasteiger partial charge is 0.00883 e. The van der Waals surface area contributed by atoms with Crippen molar-refractivity contribution in [2.45, 2.75) is 27.2 Å². The first-order valence-electron chi connectivity index (χ1n) is 8.38.